The van der Waals surface area contributed by atoms with Crippen molar-refractivity contribution in [2.45, 2.75) is 0 Å². The summed E-state index contributed by atoms with van der Waals surface area (Å²) >= 11 is 6.65. The van der Waals surface area contributed by atoms with Gasteiger partial charge in [-0.25, -0.2) is 4.98 Å². The van der Waals surface area contributed by atoms with Crippen LogP contribution < -0.4 is 10.1 Å². The molecule has 1 heterocycles. The van der Waals surface area contributed by atoms with Gasteiger partial charge >= 0.3 is 0 Å². The summed E-state index contributed by atoms with van der Waals surface area (Å²) in [4.78, 5) is 7.64. The van der Waals surface area contributed by atoms with E-state index in [9.17, 15) is 4.39 Å². The van der Waals surface area contributed by atoms with Crippen molar-refractivity contribution in [2.24, 2.45) is 0 Å². The maximum absolute atomic E-state index is 13.5. The summed E-state index contributed by atoms with van der Waals surface area (Å²) in [6.45, 7) is 0. The Morgan fingerprint density at radius 2 is 2.11 bits per heavy atom. The number of anilines is 1. The predicted molar refractivity (Wildman–Crippen MR) is 73.5 cm³/mol. The van der Waals surface area contributed by atoms with Crippen molar-refractivity contribution in [3.05, 3.63) is 39.2 Å². The predicted octanol–water partition coefficient (Wildman–Crippen LogP) is 3.97. The Bertz CT molecular complexity index is 580. The van der Waals surface area contributed by atoms with Gasteiger partial charge in [-0.15, -0.1) is 0 Å². The van der Waals surface area contributed by atoms with Crippen LogP contribution in [0.15, 0.2) is 33.3 Å². The molecular weight excluding hydrogens is 369 g/mol. The Morgan fingerprint density at radius 1 is 1.33 bits per heavy atom. The number of benzene rings is 1. The average molecular weight is 377 g/mol. The fraction of sp³-hybridized carbons (Fsp3) is 0.0909. The highest BCUT2D eigenvalue weighted by Gasteiger charge is 2.11. The first-order valence-corrected chi connectivity index (χ1v) is 6.52. The standard InChI is InChI=1S/C11H8Br2FN3O/c1-15-11-16-5-8(14)10(17-11)18-9-3-2-6(12)4-7(9)13/h2-5H,1H3,(H,15,16,17). The van der Waals surface area contributed by atoms with Crippen LogP contribution in [0.3, 0.4) is 0 Å². The molecule has 18 heavy (non-hydrogen) atoms. The first kappa shape index (κ1) is 13.2. The van der Waals surface area contributed by atoms with Crippen molar-refractivity contribution in [2.75, 3.05) is 12.4 Å². The molecule has 0 spiro atoms. The summed E-state index contributed by atoms with van der Waals surface area (Å²) < 4.78 is 20.5. The Kier molecular flexibility index (Phi) is 4.13. The van der Waals surface area contributed by atoms with Crippen molar-refractivity contribution in [1.82, 2.24) is 9.97 Å². The van der Waals surface area contributed by atoms with Gasteiger partial charge in [0.2, 0.25) is 11.8 Å². The number of hydrogen-bond donors (Lipinski definition) is 1. The van der Waals surface area contributed by atoms with Crippen LogP contribution in [-0.4, -0.2) is 17.0 Å². The Morgan fingerprint density at radius 3 is 2.78 bits per heavy atom. The first-order valence-electron chi connectivity index (χ1n) is 4.93. The lowest BCUT2D eigenvalue weighted by Gasteiger charge is -2.08. The smallest absolute Gasteiger partial charge is 0.260 e. The van der Waals surface area contributed by atoms with Crippen molar-refractivity contribution >= 4 is 37.8 Å². The molecule has 0 radical (unpaired) electrons. The maximum atomic E-state index is 13.5. The first-order chi connectivity index (χ1) is 8.60. The molecule has 0 amide bonds. The van der Waals surface area contributed by atoms with Crippen LogP contribution in [0.4, 0.5) is 10.3 Å². The number of rotatable bonds is 3. The summed E-state index contributed by atoms with van der Waals surface area (Å²) in [7, 11) is 1.65. The van der Waals surface area contributed by atoms with E-state index in [2.05, 4.69) is 47.1 Å². The third-order valence-electron chi connectivity index (χ3n) is 2.04. The highest BCUT2D eigenvalue weighted by Crippen LogP contribution is 2.32. The van der Waals surface area contributed by atoms with E-state index in [-0.39, 0.29) is 5.88 Å². The third kappa shape index (κ3) is 2.97. The van der Waals surface area contributed by atoms with Crippen LogP contribution in [0.25, 0.3) is 0 Å². The van der Waals surface area contributed by atoms with E-state index < -0.39 is 5.82 Å². The van der Waals surface area contributed by atoms with E-state index in [0.717, 1.165) is 10.7 Å². The molecule has 1 N–H and O–H groups in total. The van der Waals surface area contributed by atoms with Gasteiger partial charge < -0.3 is 10.1 Å². The van der Waals surface area contributed by atoms with Gasteiger partial charge in [0.25, 0.3) is 5.88 Å². The molecule has 0 aliphatic rings. The zero-order chi connectivity index (χ0) is 13.1. The Labute approximate surface area is 120 Å². The summed E-state index contributed by atoms with van der Waals surface area (Å²) in [5.74, 6) is 0.0127. The number of hydrogen-bond acceptors (Lipinski definition) is 4. The van der Waals surface area contributed by atoms with Crippen LogP contribution in [0.1, 0.15) is 0 Å². The molecule has 1 aromatic carbocycles. The molecular formula is C11H8Br2FN3O. The summed E-state index contributed by atoms with van der Waals surface area (Å²) in [5.41, 5.74) is 0. The van der Waals surface area contributed by atoms with Gasteiger partial charge in [0.05, 0.1) is 10.7 Å². The molecule has 1 aromatic heterocycles. The molecule has 0 aliphatic heterocycles. The summed E-state index contributed by atoms with van der Waals surface area (Å²) in [6, 6.07) is 5.29. The summed E-state index contributed by atoms with van der Waals surface area (Å²) in [5, 5.41) is 2.72. The molecule has 0 saturated carbocycles. The monoisotopic (exact) mass is 375 g/mol. The highest BCUT2D eigenvalue weighted by atomic mass is 79.9. The lowest BCUT2D eigenvalue weighted by atomic mass is 10.3. The number of nitrogens with one attached hydrogen (secondary N) is 1. The van der Waals surface area contributed by atoms with Crippen LogP contribution in [-0.2, 0) is 0 Å². The second-order valence-corrected chi connectivity index (χ2v) is 5.04. The van der Waals surface area contributed by atoms with Crippen molar-refractivity contribution in [3.63, 3.8) is 0 Å². The fourth-order valence-corrected chi connectivity index (χ4v) is 2.33. The van der Waals surface area contributed by atoms with E-state index >= 15 is 0 Å². The lowest BCUT2D eigenvalue weighted by molar-refractivity contribution is 0.418. The largest absolute Gasteiger partial charge is 0.435 e. The van der Waals surface area contributed by atoms with Gasteiger partial charge in [-0.3, -0.25) is 0 Å². The molecule has 0 atom stereocenters. The zero-order valence-corrected chi connectivity index (χ0v) is 12.4. The van der Waals surface area contributed by atoms with Crippen molar-refractivity contribution in [1.29, 1.82) is 0 Å². The normalized spacial score (nSPS) is 10.2. The van der Waals surface area contributed by atoms with Gasteiger partial charge in [-0.1, -0.05) is 15.9 Å². The molecule has 0 bridgehead atoms. The van der Waals surface area contributed by atoms with Crippen LogP contribution >= 0.6 is 31.9 Å². The topological polar surface area (TPSA) is 47.0 Å². The van der Waals surface area contributed by atoms with E-state index in [1.165, 1.54) is 0 Å². The highest BCUT2D eigenvalue weighted by molar-refractivity contribution is 9.11. The third-order valence-corrected chi connectivity index (χ3v) is 3.15. The molecule has 0 saturated heterocycles. The van der Waals surface area contributed by atoms with Crippen LogP contribution in [0.5, 0.6) is 11.6 Å². The van der Waals surface area contributed by atoms with Crippen LogP contribution in [0, 0.1) is 5.82 Å². The molecule has 2 rings (SSSR count). The second-order valence-electron chi connectivity index (χ2n) is 3.27. The molecule has 0 unspecified atom stereocenters. The van der Waals surface area contributed by atoms with E-state index in [1.54, 1.807) is 25.2 Å². The fourth-order valence-electron chi connectivity index (χ4n) is 1.21. The van der Waals surface area contributed by atoms with Gasteiger partial charge in [0.1, 0.15) is 5.75 Å². The lowest BCUT2D eigenvalue weighted by Crippen LogP contribution is -2.00. The minimum Gasteiger partial charge on any atom is -0.435 e. The van der Waals surface area contributed by atoms with Crippen molar-refractivity contribution in [3.8, 4) is 11.6 Å². The molecule has 0 fully saturated rings. The van der Waals surface area contributed by atoms with Gasteiger partial charge in [0.15, 0.2) is 0 Å². The van der Waals surface area contributed by atoms with Crippen molar-refractivity contribution < 1.29 is 9.13 Å². The number of halogens is 3. The van der Waals surface area contributed by atoms with Crippen LogP contribution in [0.2, 0.25) is 0 Å². The molecule has 4 nitrogen and oxygen atoms in total. The number of ether oxygens (including phenoxy) is 1. The summed E-state index contributed by atoms with van der Waals surface area (Å²) in [6.07, 6.45) is 1.06. The van der Waals surface area contributed by atoms with Gasteiger partial charge in [-0.2, -0.15) is 9.37 Å². The second kappa shape index (κ2) is 5.62. The van der Waals surface area contributed by atoms with E-state index in [4.69, 9.17) is 4.74 Å². The van der Waals surface area contributed by atoms with Gasteiger partial charge in [-0.05, 0) is 34.1 Å². The zero-order valence-electron chi connectivity index (χ0n) is 9.25. The molecule has 7 heteroatoms. The maximum Gasteiger partial charge on any atom is 0.260 e. The Hall–Kier alpha value is -1.21. The Balaban J connectivity index is 2.33. The number of nitrogens with zero attached hydrogens (tertiary/aromatic N) is 2. The minimum atomic E-state index is -0.621. The van der Waals surface area contributed by atoms with Gasteiger partial charge in [0, 0.05) is 11.5 Å². The SMILES string of the molecule is CNc1ncc(F)c(Oc2ccc(Br)cc2Br)n1. The minimum absolute atomic E-state index is 0.127. The average Bonchev–Trinajstić information content (AvgIpc) is 2.35. The van der Waals surface area contributed by atoms with E-state index in [0.29, 0.717) is 16.2 Å². The number of aromatic nitrogens is 2. The molecule has 2 aromatic rings. The quantitative estimate of drug-likeness (QED) is 0.880. The van der Waals surface area contributed by atoms with E-state index in [1.807, 2.05) is 0 Å². The molecule has 0 aliphatic carbocycles. The molecule has 94 valence electrons.